The quantitative estimate of drug-likeness (QED) is 0.546. The Morgan fingerprint density at radius 3 is 2.81 bits per heavy atom. The number of H-pyrrole nitrogens is 2. The Labute approximate surface area is 173 Å². The minimum atomic E-state index is -0.843. The summed E-state index contributed by atoms with van der Waals surface area (Å²) in [6.45, 7) is 1.10. The number of amides is 1. The number of halogens is 2. The number of likely N-dealkylation sites (N-methyl/N-ethyl adjacent to an activating group) is 1. The van der Waals surface area contributed by atoms with E-state index in [1.54, 1.807) is 0 Å². The van der Waals surface area contributed by atoms with Gasteiger partial charge in [0.05, 0.1) is 12.1 Å². The fourth-order valence-electron chi connectivity index (χ4n) is 3.81. The molecule has 12 heteroatoms. The number of hydrogen-bond donors (Lipinski definition) is 3. The molecule has 1 aliphatic rings. The SMILES string of the molecule is CN(C(=O)n1cnc2c(=O)[nH]c(=O)[nH]c21)[C@H](CN1CC[C@H](O)C1)c1ccc(F)cc1F. The Kier molecular flexibility index (Phi) is 5.41. The molecule has 0 unspecified atom stereocenters. The molecule has 3 N–H and O–H groups in total. The van der Waals surface area contributed by atoms with Gasteiger partial charge < -0.3 is 10.0 Å². The number of carbonyl (C=O) groups excluding carboxylic acids is 1. The molecule has 2 atom stereocenters. The summed E-state index contributed by atoms with van der Waals surface area (Å²) in [7, 11) is 1.43. The number of aliphatic hydroxyl groups is 1. The zero-order valence-electron chi connectivity index (χ0n) is 16.5. The van der Waals surface area contributed by atoms with Gasteiger partial charge in [-0.05, 0) is 12.5 Å². The number of nitrogens with zero attached hydrogens (tertiary/aromatic N) is 4. The monoisotopic (exact) mass is 434 g/mol. The number of aliphatic hydroxyl groups excluding tert-OH is 1. The summed E-state index contributed by atoms with van der Waals surface area (Å²) >= 11 is 0. The average Bonchev–Trinajstić information content (AvgIpc) is 3.31. The smallest absolute Gasteiger partial charge is 0.331 e. The summed E-state index contributed by atoms with van der Waals surface area (Å²) in [4.78, 5) is 48.1. The second-order valence-corrected chi connectivity index (χ2v) is 7.50. The molecule has 0 aliphatic carbocycles. The molecule has 1 fully saturated rings. The van der Waals surface area contributed by atoms with Crippen LogP contribution < -0.4 is 11.2 Å². The predicted molar refractivity (Wildman–Crippen MR) is 106 cm³/mol. The van der Waals surface area contributed by atoms with Crippen molar-refractivity contribution < 1.29 is 18.7 Å². The van der Waals surface area contributed by atoms with Crippen LogP contribution in [-0.4, -0.2) is 73.2 Å². The maximum absolute atomic E-state index is 14.6. The topological polar surface area (TPSA) is 127 Å². The largest absolute Gasteiger partial charge is 0.392 e. The van der Waals surface area contributed by atoms with E-state index in [1.807, 2.05) is 9.88 Å². The molecule has 3 aromatic rings. The number of nitrogens with one attached hydrogen (secondary N) is 2. The standard InChI is InChI=1S/C19H20F2N6O4/c1-25(19(31)27-9-22-15-16(27)23-18(30)24-17(15)29)14(8-26-5-4-11(28)7-26)12-3-2-10(20)6-13(12)21/h2-3,6,9,11,14,28H,4-5,7-8H2,1H3,(H2,23,24,29,30)/t11-,14+/m0/s1. The van der Waals surface area contributed by atoms with Crippen molar-refractivity contribution in [3.05, 3.63) is 62.6 Å². The lowest BCUT2D eigenvalue weighted by Crippen LogP contribution is -2.41. The van der Waals surface area contributed by atoms with E-state index in [0.717, 1.165) is 23.0 Å². The maximum Gasteiger partial charge on any atom is 0.331 e. The van der Waals surface area contributed by atoms with E-state index in [1.165, 1.54) is 18.0 Å². The van der Waals surface area contributed by atoms with Gasteiger partial charge >= 0.3 is 11.7 Å². The second-order valence-electron chi connectivity index (χ2n) is 7.50. The van der Waals surface area contributed by atoms with Crippen LogP contribution >= 0.6 is 0 Å². The van der Waals surface area contributed by atoms with Crippen molar-refractivity contribution in [3.8, 4) is 0 Å². The van der Waals surface area contributed by atoms with Crippen molar-refractivity contribution in [2.45, 2.75) is 18.6 Å². The first-order valence-electron chi connectivity index (χ1n) is 9.56. The highest BCUT2D eigenvalue weighted by molar-refractivity contribution is 5.86. The summed E-state index contributed by atoms with van der Waals surface area (Å²) in [5.41, 5.74) is -1.69. The molecule has 0 saturated carbocycles. The molecule has 10 nitrogen and oxygen atoms in total. The zero-order valence-corrected chi connectivity index (χ0v) is 16.5. The van der Waals surface area contributed by atoms with Crippen LogP contribution in [0.2, 0.25) is 0 Å². The van der Waals surface area contributed by atoms with Crippen LogP contribution in [0.25, 0.3) is 11.2 Å². The van der Waals surface area contributed by atoms with E-state index in [9.17, 15) is 28.3 Å². The van der Waals surface area contributed by atoms with E-state index in [2.05, 4.69) is 9.97 Å². The van der Waals surface area contributed by atoms with Gasteiger partial charge in [0, 0.05) is 38.3 Å². The first-order valence-corrected chi connectivity index (χ1v) is 9.56. The molecule has 0 bridgehead atoms. The van der Waals surface area contributed by atoms with Crippen LogP contribution in [0.1, 0.15) is 18.0 Å². The third-order valence-corrected chi connectivity index (χ3v) is 5.42. The summed E-state index contributed by atoms with van der Waals surface area (Å²) in [6.07, 6.45) is 1.12. The molecule has 1 aliphatic heterocycles. The van der Waals surface area contributed by atoms with Crippen molar-refractivity contribution in [2.75, 3.05) is 26.7 Å². The van der Waals surface area contributed by atoms with Gasteiger partial charge in [0.15, 0.2) is 11.2 Å². The van der Waals surface area contributed by atoms with Crippen LogP contribution in [0.4, 0.5) is 13.6 Å². The molecular formula is C19H20F2N6O4. The normalized spacial score (nSPS) is 17.9. The average molecular weight is 434 g/mol. The lowest BCUT2D eigenvalue weighted by molar-refractivity contribution is 0.150. The number of imidazole rings is 1. The minimum absolute atomic E-state index is 0.0920. The van der Waals surface area contributed by atoms with Crippen molar-refractivity contribution >= 4 is 17.2 Å². The van der Waals surface area contributed by atoms with Gasteiger partial charge in [0.1, 0.15) is 18.0 Å². The lowest BCUT2D eigenvalue weighted by atomic mass is 10.0. The minimum Gasteiger partial charge on any atom is -0.392 e. The van der Waals surface area contributed by atoms with Gasteiger partial charge in [-0.15, -0.1) is 0 Å². The number of benzene rings is 1. The predicted octanol–water partition coefficient (Wildman–Crippen LogP) is 0.399. The molecule has 0 spiro atoms. The molecule has 2 aromatic heterocycles. The molecule has 0 radical (unpaired) electrons. The van der Waals surface area contributed by atoms with Crippen LogP contribution in [0.3, 0.4) is 0 Å². The Bertz CT molecular complexity index is 1250. The number of rotatable bonds is 4. The Morgan fingerprint density at radius 1 is 1.35 bits per heavy atom. The van der Waals surface area contributed by atoms with Crippen molar-refractivity contribution in [1.29, 1.82) is 0 Å². The number of carbonyl (C=O) groups is 1. The number of likely N-dealkylation sites (tertiary alicyclic amines) is 1. The molecule has 3 heterocycles. The summed E-state index contributed by atoms with van der Waals surface area (Å²) in [5, 5.41) is 9.82. The lowest BCUT2D eigenvalue weighted by Gasteiger charge is -2.32. The van der Waals surface area contributed by atoms with Crippen LogP contribution in [-0.2, 0) is 0 Å². The summed E-state index contributed by atoms with van der Waals surface area (Å²) in [5.74, 6) is -1.56. The molecule has 31 heavy (non-hydrogen) atoms. The van der Waals surface area contributed by atoms with Gasteiger partial charge in [0.25, 0.3) is 5.56 Å². The highest BCUT2D eigenvalue weighted by Gasteiger charge is 2.31. The van der Waals surface area contributed by atoms with Gasteiger partial charge in [-0.25, -0.2) is 27.9 Å². The number of aromatic nitrogens is 4. The first-order chi connectivity index (χ1) is 14.7. The van der Waals surface area contributed by atoms with Crippen LogP contribution in [0.15, 0.2) is 34.1 Å². The number of hydrogen-bond acceptors (Lipinski definition) is 6. The van der Waals surface area contributed by atoms with E-state index < -0.39 is 41.1 Å². The Hall–Kier alpha value is -3.38. The van der Waals surface area contributed by atoms with Crippen molar-refractivity contribution in [3.63, 3.8) is 0 Å². The highest BCUT2D eigenvalue weighted by Crippen LogP contribution is 2.27. The molecule has 1 saturated heterocycles. The van der Waals surface area contributed by atoms with Gasteiger partial charge in [-0.2, -0.15) is 0 Å². The van der Waals surface area contributed by atoms with E-state index >= 15 is 0 Å². The van der Waals surface area contributed by atoms with E-state index in [-0.39, 0.29) is 23.3 Å². The molecule has 1 aromatic carbocycles. The summed E-state index contributed by atoms with van der Waals surface area (Å²) in [6, 6.07) is 1.58. The van der Waals surface area contributed by atoms with Gasteiger partial charge in [0.2, 0.25) is 0 Å². The van der Waals surface area contributed by atoms with Gasteiger partial charge in [-0.1, -0.05) is 6.07 Å². The van der Waals surface area contributed by atoms with E-state index in [0.29, 0.717) is 19.5 Å². The van der Waals surface area contributed by atoms with Crippen LogP contribution in [0.5, 0.6) is 0 Å². The molecule has 164 valence electrons. The Morgan fingerprint density at radius 2 is 2.13 bits per heavy atom. The second kappa shape index (κ2) is 8.04. The highest BCUT2D eigenvalue weighted by atomic mass is 19.1. The Balaban J connectivity index is 1.73. The third-order valence-electron chi connectivity index (χ3n) is 5.42. The zero-order chi connectivity index (χ0) is 22.3. The van der Waals surface area contributed by atoms with Crippen molar-refractivity contribution in [2.24, 2.45) is 0 Å². The fraction of sp³-hybridized carbons (Fsp3) is 0.368. The van der Waals surface area contributed by atoms with Crippen LogP contribution in [0, 0.1) is 11.6 Å². The first kappa shape index (κ1) is 20.9. The van der Waals surface area contributed by atoms with Gasteiger partial charge in [-0.3, -0.25) is 19.7 Å². The van der Waals surface area contributed by atoms with Crippen molar-refractivity contribution in [1.82, 2.24) is 29.3 Å². The van der Waals surface area contributed by atoms with E-state index in [4.69, 9.17) is 0 Å². The fourth-order valence-corrected chi connectivity index (χ4v) is 3.81. The molecular weight excluding hydrogens is 414 g/mol. The number of aromatic amines is 2. The molecule has 1 amide bonds. The number of fused-ring (bicyclic) bond motifs is 1. The third kappa shape index (κ3) is 3.99. The number of β-amino-alcohol motifs (C(OH)–C–C–N with tert-alkyl or cyclic N) is 1. The summed E-state index contributed by atoms with van der Waals surface area (Å²) < 4.78 is 29.1. The molecule has 4 rings (SSSR count). The maximum atomic E-state index is 14.6.